The molecule has 1 fully saturated rings. The fourth-order valence-electron chi connectivity index (χ4n) is 5.53. The number of aromatic nitrogens is 2. The zero-order valence-electron chi connectivity index (χ0n) is 24.9. The predicted octanol–water partition coefficient (Wildman–Crippen LogP) is 3.86. The molecule has 5 rings (SSSR count). The lowest BCUT2D eigenvalue weighted by Gasteiger charge is -2.31. The van der Waals surface area contributed by atoms with E-state index in [2.05, 4.69) is 20.6 Å². The summed E-state index contributed by atoms with van der Waals surface area (Å²) in [4.78, 5) is 31.2. The van der Waals surface area contributed by atoms with Gasteiger partial charge in [-0.1, -0.05) is 6.07 Å². The molecule has 0 bridgehead atoms. The number of hydrogen-bond donors (Lipinski definition) is 3. The normalized spacial score (nSPS) is 18.6. The topological polar surface area (TPSA) is 130 Å². The van der Waals surface area contributed by atoms with Gasteiger partial charge in [-0.2, -0.15) is 23.5 Å². The maximum absolute atomic E-state index is 13.9. The highest BCUT2D eigenvalue weighted by Gasteiger charge is 2.43. The van der Waals surface area contributed by atoms with Crippen molar-refractivity contribution in [2.45, 2.75) is 51.3 Å². The summed E-state index contributed by atoms with van der Waals surface area (Å²) >= 11 is 0. The Morgan fingerprint density at radius 2 is 1.78 bits per heavy atom. The summed E-state index contributed by atoms with van der Waals surface area (Å²) < 4.78 is 42.3. The van der Waals surface area contributed by atoms with Gasteiger partial charge in [0.15, 0.2) is 0 Å². The van der Waals surface area contributed by atoms with Crippen LogP contribution in [0.4, 0.5) is 23.7 Å². The number of benzene rings is 2. The molecule has 0 aliphatic carbocycles. The number of carbonyl (C=O) groups is 2. The number of allylic oxidation sites excluding steroid dienone is 1. The summed E-state index contributed by atoms with van der Waals surface area (Å²) in [5.74, 6) is -0.397. The highest BCUT2D eigenvalue weighted by molar-refractivity contribution is 5.93. The van der Waals surface area contributed by atoms with Crippen molar-refractivity contribution in [3.8, 4) is 11.8 Å². The maximum atomic E-state index is 13.9. The van der Waals surface area contributed by atoms with E-state index in [1.807, 2.05) is 13.1 Å². The monoisotopic (exact) mass is 622 g/mol. The van der Waals surface area contributed by atoms with E-state index in [0.717, 1.165) is 43.0 Å². The van der Waals surface area contributed by atoms with Gasteiger partial charge in [0.1, 0.15) is 6.04 Å². The summed E-state index contributed by atoms with van der Waals surface area (Å²) in [7, 11) is 2.01. The van der Waals surface area contributed by atoms with Crippen LogP contribution in [0.15, 0.2) is 66.5 Å². The molecule has 1 unspecified atom stereocenters. The number of amides is 3. The summed E-state index contributed by atoms with van der Waals surface area (Å²) in [6.07, 6.45) is -3.39. The van der Waals surface area contributed by atoms with Gasteiger partial charge in [0.2, 0.25) is 12.3 Å². The molecule has 14 heteroatoms. The molecule has 2 aromatic carbocycles. The van der Waals surface area contributed by atoms with Crippen molar-refractivity contribution in [2.24, 2.45) is 0 Å². The molecule has 3 N–H and O–H groups in total. The van der Waals surface area contributed by atoms with Crippen LogP contribution >= 0.6 is 0 Å². The van der Waals surface area contributed by atoms with E-state index in [9.17, 15) is 33.1 Å². The minimum atomic E-state index is -4.64. The number of carbonyl (C=O) groups excluding carboxylic acids is 2. The average molecular weight is 623 g/mol. The Hall–Kier alpha value is -4.87. The van der Waals surface area contributed by atoms with Crippen LogP contribution in [0.5, 0.6) is 0 Å². The molecule has 1 aromatic heterocycles. The predicted molar refractivity (Wildman–Crippen MR) is 159 cm³/mol. The Balaban J connectivity index is 1.50. The average Bonchev–Trinajstić information content (AvgIpc) is 3.59. The molecule has 45 heavy (non-hydrogen) atoms. The van der Waals surface area contributed by atoms with E-state index < -0.39 is 36.1 Å². The Labute approximate surface area is 258 Å². The first-order chi connectivity index (χ1) is 21.4. The van der Waals surface area contributed by atoms with Crippen LogP contribution in [0.2, 0.25) is 0 Å². The van der Waals surface area contributed by atoms with Gasteiger partial charge >= 0.3 is 12.2 Å². The second-order valence-electron chi connectivity index (χ2n) is 11.1. The van der Waals surface area contributed by atoms with Crippen LogP contribution in [0.1, 0.15) is 43.5 Å². The third kappa shape index (κ3) is 6.50. The Morgan fingerprint density at radius 1 is 1.09 bits per heavy atom. The largest absolute Gasteiger partial charge is 0.416 e. The van der Waals surface area contributed by atoms with Gasteiger partial charge in [0.05, 0.1) is 40.5 Å². The molecule has 3 aromatic rings. The minimum absolute atomic E-state index is 0.000112. The molecular formula is C31H33F3N8O3. The number of likely N-dealkylation sites (tertiary alicyclic amines) is 1. The number of piperidine rings is 1. The first kappa shape index (κ1) is 31.6. The third-order valence-corrected chi connectivity index (χ3v) is 8.00. The number of anilines is 1. The van der Waals surface area contributed by atoms with Gasteiger partial charge < -0.3 is 20.6 Å². The Bertz CT molecular complexity index is 1640. The number of nitrogens with zero attached hydrogens (tertiary/aromatic N) is 6. The van der Waals surface area contributed by atoms with Crippen LogP contribution in [-0.2, 0) is 11.0 Å². The Kier molecular flexibility index (Phi) is 8.85. The molecule has 1 saturated heterocycles. The fourth-order valence-corrected chi connectivity index (χ4v) is 5.53. The van der Waals surface area contributed by atoms with Gasteiger partial charge in [0, 0.05) is 17.4 Å². The van der Waals surface area contributed by atoms with Crippen molar-refractivity contribution >= 4 is 23.3 Å². The number of hydrogen-bond acceptors (Lipinski definition) is 7. The van der Waals surface area contributed by atoms with Crippen molar-refractivity contribution in [1.29, 1.82) is 5.26 Å². The van der Waals surface area contributed by atoms with E-state index in [-0.39, 0.29) is 23.1 Å². The highest BCUT2D eigenvalue weighted by Crippen LogP contribution is 2.40. The smallest absolute Gasteiger partial charge is 0.356 e. The van der Waals surface area contributed by atoms with E-state index >= 15 is 0 Å². The zero-order chi connectivity index (χ0) is 32.5. The van der Waals surface area contributed by atoms with Gasteiger partial charge in [-0.25, -0.2) is 14.4 Å². The number of nitrogens with one attached hydrogen (secondary N) is 2. The maximum Gasteiger partial charge on any atom is 0.416 e. The number of alkyl halides is 3. The quantitative estimate of drug-likeness (QED) is 0.381. The van der Waals surface area contributed by atoms with E-state index in [0.29, 0.717) is 16.9 Å². The van der Waals surface area contributed by atoms with Crippen molar-refractivity contribution in [3.05, 3.63) is 83.3 Å². The van der Waals surface area contributed by atoms with Gasteiger partial charge in [0.25, 0.3) is 0 Å². The van der Waals surface area contributed by atoms with Crippen LogP contribution in [0.3, 0.4) is 0 Å². The van der Waals surface area contributed by atoms with E-state index in [1.165, 1.54) is 34.8 Å². The molecule has 0 spiro atoms. The molecule has 3 heterocycles. The van der Waals surface area contributed by atoms with Crippen LogP contribution < -0.4 is 15.5 Å². The van der Waals surface area contributed by atoms with Crippen molar-refractivity contribution in [3.63, 3.8) is 0 Å². The molecule has 0 radical (unpaired) electrons. The summed E-state index contributed by atoms with van der Waals surface area (Å²) in [5.41, 5.74) is 0.782. The standard InChI is InChI=1S/C31H33F3N8O3/c1-19(28(43)38-23-12-15-39(3)16-13-23)37-29(44)41-27(26-11-14-36-42(26)24-9-7-21(18-35)8-10-24)20(2)40(30(41)45)25-6-4-5-22(17-25)31(32,33)34/h4-11,14,17,19,23,30,45H,12-13,15-16H2,1-3H3,(H,37,44)(H,38,43)/t19-,30?/m0/s1. The Morgan fingerprint density at radius 3 is 2.42 bits per heavy atom. The van der Waals surface area contributed by atoms with Crippen LogP contribution in [0, 0.1) is 11.3 Å². The molecule has 2 aliphatic heterocycles. The van der Waals surface area contributed by atoms with Crippen LogP contribution in [-0.4, -0.2) is 75.2 Å². The second kappa shape index (κ2) is 12.6. The molecule has 11 nitrogen and oxygen atoms in total. The lowest BCUT2D eigenvalue weighted by atomic mass is 10.1. The highest BCUT2D eigenvalue weighted by atomic mass is 19.4. The number of nitriles is 1. The molecule has 0 saturated carbocycles. The fraction of sp³-hybridized carbons (Fsp3) is 0.355. The minimum Gasteiger partial charge on any atom is -0.356 e. The van der Waals surface area contributed by atoms with Crippen LogP contribution in [0.25, 0.3) is 11.4 Å². The number of rotatable bonds is 6. The van der Waals surface area contributed by atoms with Gasteiger partial charge in [-0.05, 0) is 95.4 Å². The lowest BCUT2D eigenvalue weighted by Crippen LogP contribution is -2.54. The molecule has 236 valence electrons. The molecule has 3 amide bonds. The molecular weight excluding hydrogens is 589 g/mol. The number of urea groups is 1. The molecule has 2 atom stereocenters. The van der Waals surface area contributed by atoms with Crippen molar-refractivity contribution in [2.75, 3.05) is 25.0 Å². The summed E-state index contributed by atoms with van der Waals surface area (Å²) in [6.45, 7) is 4.75. The first-order valence-electron chi connectivity index (χ1n) is 14.4. The lowest BCUT2D eigenvalue weighted by molar-refractivity contribution is -0.137. The number of halogens is 3. The first-order valence-corrected chi connectivity index (χ1v) is 14.4. The van der Waals surface area contributed by atoms with Gasteiger partial charge in [-0.3, -0.25) is 9.69 Å². The van der Waals surface area contributed by atoms with Crippen molar-refractivity contribution < 1.29 is 27.9 Å². The summed E-state index contributed by atoms with van der Waals surface area (Å²) in [6, 6.07) is 12.7. The van der Waals surface area contributed by atoms with Crippen molar-refractivity contribution in [1.82, 2.24) is 30.2 Å². The third-order valence-electron chi connectivity index (χ3n) is 8.00. The van der Waals surface area contributed by atoms with E-state index in [1.54, 1.807) is 37.3 Å². The number of aliphatic hydroxyl groups is 1. The second-order valence-corrected chi connectivity index (χ2v) is 11.1. The van der Waals surface area contributed by atoms with Gasteiger partial charge in [-0.15, -0.1) is 0 Å². The summed E-state index contributed by atoms with van der Waals surface area (Å²) in [5, 5.41) is 30.7. The SMILES string of the molecule is CC1=C(c2ccnn2-c2ccc(C#N)cc2)N(C(=O)N[C@@H](C)C(=O)NC2CCN(C)CC2)C(O)N1c1cccc(C(F)(F)F)c1. The van der Waals surface area contributed by atoms with E-state index in [4.69, 9.17) is 0 Å². The number of aliphatic hydroxyl groups excluding tert-OH is 1. The molecule has 2 aliphatic rings. The zero-order valence-corrected chi connectivity index (χ0v) is 24.9.